The van der Waals surface area contributed by atoms with Crippen molar-refractivity contribution in [3.05, 3.63) is 70.8 Å². The van der Waals surface area contributed by atoms with Gasteiger partial charge < -0.3 is 25.6 Å². The lowest BCUT2D eigenvalue weighted by Gasteiger charge is -2.30. The van der Waals surface area contributed by atoms with Crippen molar-refractivity contribution in [2.75, 3.05) is 25.5 Å². The van der Waals surface area contributed by atoms with E-state index < -0.39 is 26.1 Å². The van der Waals surface area contributed by atoms with Gasteiger partial charge in [0.15, 0.2) is 0 Å². The van der Waals surface area contributed by atoms with Gasteiger partial charge in [-0.05, 0) is 74.6 Å². The number of rotatable bonds is 21. The minimum absolute atomic E-state index is 0.0692. The first-order chi connectivity index (χ1) is 19.2. The Kier molecular flexibility index (Phi) is 15.4. The van der Waals surface area contributed by atoms with Gasteiger partial charge in [-0.3, -0.25) is 13.9 Å². The van der Waals surface area contributed by atoms with E-state index in [9.17, 15) is 19.0 Å². The van der Waals surface area contributed by atoms with E-state index in [2.05, 4.69) is 24.3 Å². The molecule has 0 spiro atoms. The summed E-state index contributed by atoms with van der Waals surface area (Å²) in [6, 6.07) is 16.3. The summed E-state index contributed by atoms with van der Waals surface area (Å²) in [6.07, 6.45) is 6.16. The minimum atomic E-state index is -3.78. The summed E-state index contributed by atoms with van der Waals surface area (Å²) in [5.74, 6) is -1.37. The molecule has 5 N–H and O–H groups in total. The van der Waals surface area contributed by atoms with Crippen LogP contribution in [0.2, 0.25) is 0 Å². The zero-order valence-corrected chi connectivity index (χ0v) is 25.9. The molecule has 2 rings (SSSR count). The van der Waals surface area contributed by atoms with Gasteiger partial charge in [-0.25, -0.2) is 0 Å². The number of benzene rings is 2. The van der Waals surface area contributed by atoms with Gasteiger partial charge in [0.05, 0.1) is 13.2 Å². The van der Waals surface area contributed by atoms with Gasteiger partial charge in [0, 0.05) is 25.4 Å². The number of aliphatic carboxylic acids is 1. The first-order valence-electron chi connectivity index (χ1n) is 14.5. The highest BCUT2D eigenvalue weighted by molar-refractivity contribution is 7.78. The van der Waals surface area contributed by atoms with Gasteiger partial charge in [0.25, 0.3) is 0 Å². The summed E-state index contributed by atoms with van der Waals surface area (Å²) in [5, 5.41) is 8.52. The monoisotopic (exact) mass is 594 g/mol. The lowest BCUT2D eigenvalue weighted by molar-refractivity contribution is -0.135. The molecule has 0 radical (unpaired) electrons. The molecule has 0 bridgehead atoms. The summed E-state index contributed by atoms with van der Waals surface area (Å²) in [7, 11) is -7.57. The van der Waals surface area contributed by atoms with E-state index >= 15 is 0 Å². The summed E-state index contributed by atoms with van der Waals surface area (Å²) in [5.41, 5.74) is 15.9. The summed E-state index contributed by atoms with van der Waals surface area (Å²) < 4.78 is 39.3. The van der Waals surface area contributed by atoms with E-state index in [0.29, 0.717) is 25.9 Å². The number of carbonyl (C=O) groups is 1. The third-order valence-electron chi connectivity index (χ3n) is 7.05. The average Bonchev–Trinajstić information content (AvgIpc) is 2.93. The zero-order chi connectivity index (χ0) is 29.4. The maximum absolute atomic E-state index is 14.0. The first kappa shape index (κ1) is 34.4. The fraction of sp³-hybridized carbons (Fsp3) is 0.567. The third kappa shape index (κ3) is 10.9. The Balaban J connectivity index is 1.98. The van der Waals surface area contributed by atoms with Crippen molar-refractivity contribution >= 4 is 20.7 Å². The molecule has 224 valence electrons. The number of hydrogen-bond donors (Lipinski definition) is 3. The van der Waals surface area contributed by atoms with Crippen LogP contribution in [-0.2, 0) is 48.9 Å². The number of carboxylic acids is 1. The second-order valence-corrected chi connectivity index (χ2v) is 15.9. The number of carboxylic acid groups (broad SMARTS) is 1. The molecule has 0 aliphatic rings. The Bertz CT molecular complexity index is 1030. The smallest absolute Gasteiger partial charge is 0.326 e. The van der Waals surface area contributed by atoms with Crippen molar-refractivity contribution in [3.63, 3.8) is 0 Å². The van der Waals surface area contributed by atoms with Crippen LogP contribution in [0.3, 0.4) is 0 Å². The third-order valence-corrected chi connectivity index (χ3v) is 14.4. The highest BCUT2D eigenvalue weighted by Crippen LogP contribution is 2.70. The molecule has 0 saturated carbocycles. The van der Waals surface area contributed by atoms with E-state index in [1.54, 1.807) is 13.8 Å². The van der Waals surface area contributed by atoms with E-state index in [0.717, 1.165) is 49.7 Å². The standard InChI is InChI=1S/C30H48N2O6P2/c1-3-37-39(35,21-9-5-7-11-25-13-17-27(23-31)18-14-25)30(29(33)34)40(36,38-4-2)22-10-6-8-12-26-15-19-28(24-32)20-16-26/h13-20,30H,3-12,21-24,31-32H2,1-2H3,(H,33,34). The fourth-order valence-corrected chi connectivity index (χ4v) is 12.1. The number of hydrogen-bond acceptors (Lipinski definition) is 7. The lowest BCUT2D eigenvalue weighted by Crippen LogP contribution is -2.26. The van der Waals surface area contributed by atoms with Crippen molar-refractivity contribution in [2.45, 2.75) is 83.7 Å². The van der Waals surface area contributed by atoms with Crippen LogP contribution in [0, 0.1) is 0 Å². The molecular formula is C30H48N2O6P2. The van der Waals surface area contributed by atoms with Crippen LogP contribution in [-0.4, -0.2) is 42.0 Å². The number of nitrogens with two attached hydrogens (primary N) is 2. The highest BCUT2D eigenvalue weighted by atomic mass is 31.2. The normalized spacial score (nSPS) is 15.3. The Morgan fingerprint density at radius 1 is 0.675 bits per heavy atom. The average molecular weight is 595 g/mol. The van der Waals surface area contributed by atoms with Gasteiger partial charge in [-0.2, -0.15) is 0 Å². The largest absolute Gasteiger partial charge is 0.480 e. The second kappa shape index (κ2) is 17.9. The van der Waals surface area contributed by atoms with Gasteiger partial charge >= 0.3 is 5.97 Å². The van der Waals surface area contributed by atoms with Crippen LogP contribution in [0.4, 0.5) is 0 Å². The van der Waals surface area contributed by atoms with Crippen molar-refractivity contribution in [1.82, 2.24) is 0 Å². The summed E-state index contributed by atoms with van der Waals surface area (Å²) in [6.45, 7) is 4.55. The Labute approximate surface area is 240 Å². The van der Waals surface area contributed by atoms with Gasteiger partial charge in [-0.1, -0.05) is 61.4 Å². The molecule has 0 aromatic heterocycles. The van der Waals surface area contributed by atoms with Crippen molar-refractivity contribution < 1.29 is 28.1 Å². The molecule has 40 heavy (non-hydrogen) atoms. The molecule has 2 aromatic carbocycles. The van der Waals surface area contributed by atoms with E-state index in [1.165, 1.54) is 11.1 Å². The SMILES string of the molecule is CCOP(=O)(CCCCCc1ccc(CN)cc1)C(C(=O)O)P(=O)(CCCCCc1ccc(CN)cc1)OCC. The molecule has 0 heterocycles. The molecule has 2 unspecified atom stereocenters. The fourth-order valence-electron chi connectivity index (χ4n) is 4.92. The predicted octanol–water partition coefficient (Wildman–Crippen LogP) is 6.77. The molecule has 10 heteroatoms. The van der Waals surface area contributed by atoms with E-state index in [-0.39, 0.29) is 25.5 Å². The Hall–Kier alpha value is -1.79. The molecule has 8 nitrogen and oxygen atoms in total. The maximum atomic E-state index is 14.0. The van der Waals surface area contributed by atoms with Crippen molar-refractivity contribution in [1.29, 1.82) is 0 Å². The number of aryl methyl sites for hydroxylation is 2. The van der Waals surface area contributed by atoms with E-state index in [1.807, 2.05) is 24.3 Å². The second-order valence-electron chi connectivity index (χ2n) is 10.1. The predicted molar refractivity (Wildman–Crippen MR) is 163 cm³/mol. The topological polar surface area (TPSA) is 142 Å². The van der Waals surface area contributed by atoms with Crippen molar-refractivity contribution in [3.8, 4) is 0 Å². The van der Waals surface area contributed by atoms with Gasteiger partial charge in [0.1, 0.15) is 0 Å². The summed E-state index contributed by atoms with van der Waals surface area (Å²) in [4.78, 5) is 12.5. The van der Waals surface area contributed by atoms with Crippen LogP contribution in [0.15, 0.2) is 48.5 Å². The molecule has 0 fully saturated rings. The van der Waals surface area contributed by atoms with Crippen LogP contribution in [0.25, 0.3) is 0 Å². The van der Waals surface area contributed by atoms with Crippen LogP contribution < -0.4 is 11.5 Å². The molecular weight excluding hydrogens is 546 g/mol. The van der Waals surface area contributed by atoms with Crippen LogP contribution >= 0.6 is 14.7 Å². The highest BCUT2D eigenvalue weighted by Gasteiger charge is 2.52. The van der Waals surface area contributed by atoms with Gasteiger partial charge in [-0.15, -0.1) is 0 Å². The molecule has 2 aromatic rings. The molecule has 0 amide bonds. The molecule has 0 saturated heterocycles. The molecule has 2 atom stereocenters. The Morgan fingerprint density at radius 2 is 1.02 bits per heavy atom. The molecule has 0 aliphatic heterocycles. The quantitative estimate of drug-likeness (QED) is 0.106. The van der Waals surface area contributed by atoms with E-state index in [4.69, 9.17) is 20.5 Å². The van der Waals surface area contributed by atoms with Crippen LogP contribution in [0.5, 0.6) is 0 Å². The Morgan fingerprint density at radius 3 is 1.32 bits per heavy atom. The zero-order valence-electron chi connectivity index (χ0n) is 24.1. The maximum Gasteiger partial charge on any atom is 0.326 e. The minimum Gasteiger partial charge on any atom is -0.480 e. The number of unbranched alkanes of at least 4 members (excludes halogenated alkanes) is 4. The van der Waals surface area contributed by atoms with Crippen LogP contribution in [0.1, 0.15) is 74.6 Å². The van der Waals surface area contributed by atoms with Gasteiger partial charge in [0.2, 0.25) is 20.1 Å². The summed E-state index contributed by atoms with van der Waals surface area (Å²) >= 11 is 0. The van der Waals surface area contributed by atoms with Crippen molar-refractivity contribution in [2.24, 2.45) is 11.5 Å². The molecule has 0 aliphatic carbocycles. The first-order valence-corrected chi connectivity index (χ1v) is 18.2. The lowest BCUT2D eigenvalue weighted by atomic mass is 10.1.